The van der Waals surface area contributed by atoms with Crippen molar-refractivity contribution in [1.82, 2.24) is 4.90 Å². The molecule has 3 nitrogen and oxygen atoms in total. The molecule has 1 aromatic rings. The van der Waals surface area contributed by atoms with E-state index in [2.05, 4.69) is 55.5 Å². The van der Waals surface area contributed by atoms with E-state index in [4.69, 9.17) is 4.74 Å². The zero-order valence-electron chi connectivity index (χ0n) is 11.6. The molecule has 3 heteroatoms. The van der Waals surface area contributed by atoms with Gasteiger partial charge in [0.25, 0.3) is 0 Å². The van der Waals surface area contributed by atoms with Crippen molar-refractivity contribution in [2.45, 2.75) is 38.5 Å². The molecule has 0 bridgehead atoms. The normalized spacial score (nSPS) is 23.6. The Morgan fingerprint density at radius 3 is 2.83 bits per heavy atom. The van der Waals surface area contributed by atoms with E-state index in [-0.39, 0.29) is 0 Å². The fourth-order valence-electron chi connectivity index (χ4n) is 2.41. The zero-order valence-corrected chi connectivity index (χ0v) is 11.6. The van der Waals surface area contributed by atoms with Gasteiger partial charge in [0, 0.05) is 18.8 Å². The Kier molecular flexibility index (Phi) is 4.61. The van der Waals surface area contributed by atoms with E-state index in [9.17, 15) is 0 Å². The molecular formula is C15H24N2O. The molecule has 1 heterocycles. The molecule has 18 heavy (non-hydrogen) atoms. The van der Waals surface area contributed by atoms with E-state index >= 15 is 0 Å². The van der Waals surface area contributed by atoms with Crippen LogP contribution in [0.2, 0.25) is 0 Å². The maximum Gasteiger partial charge on any atom is 0.0751 e. The summed E-state index contributed by atoms with van der Waals surface area (Å²) in [6, 6.07) is 8.62. The van der Waals surface area contributed by atoms with E-state index < -0.39 is 0 Å². The molecular weight excluding hydrogens is 224 g/mol. The highest BCUT2D eigenvalue weighted by Crippen LogP contribution is 2.20. The third kappa shape index (κ3) is 4.00. The van der Waals surface area contributed by atoms with Gasteiger partial charge in [0.2, 0.25) is 0 Å². The smallest absolute Gasteiger partial charge is 0.0751 e. The summed E-state index contributed by atoms with van der Waals surface area (Å²) in [6.07, 6.45) is 3.16. The second-order valence-corrected chi connectivity index (χ2v) is 5.47. The number of rotatable bonds is 5. The predicted molar refractivity (Wildman–Crippen MR) is 75.9 cm³/mol. The van der Waals surface area contributed by atoms with Crippen molar-refractivity contribution in [3.63, 3.8) is 0 Å². The molecule has 0 amide bonds. The van der Waals surface area contributed by atoms with Gasteiger partial charge in [0.15, 0.2) is 0 Å². The number of nitrogens with zero attached hydrogens (tertiary/aromatic N) is 1. The van der Waals surface area contributed by atoms with Gasteiger partial charge in [0.05, 0.1) is 12.2 Å². The third-order valence-electron chi connectivity index (χ3n) is 3.28. The highest BCUT2D eigenvalue weighted by molar-refractivity contribution is 5.45. The Morgan fingerprint density at radius 1 is 1.33 bits per heavy atom. The topological polar surface area (TPSA) is 24.5 Å². The summed E-state index contributed by atoms with van der Waals surface area (Å²) in [7, 11) is 4.18. The highest BCUT2D eigenvalue weighted by atomic mass is 16.5. The lowest BCUT2D eigenvalue weighted by molar-refractivity contribution is 0.0637. The highest BCUT2D eigenvalue weighted by Gasteiger charge is 2.21. The van der Waals surface area contributed by atoms with Crippen molar-refractivity contribution in [3.8, 4) is 0 Å². The largest absolute Gasteiger partial charge is 0.382 e. The second kappa shape index (κ2) is 6.21. The molecule has 0 saturated carbocycles. The van der Waals surface area contributed by atoms with Crippen molar-refractivity contribution < 1.29 is 4.74 Å². The van der Waals surface area contributed by atoms with Gasteiger partial charge in [0.1, 0.15) is 0 Å². The van der Waals surface area contributed by atoms with Crippen LogP contribution >= 0.6 is 0 Å². The van der Waals surface area contributed by atoms with E-state index in [1.807, 2.05) is 0 Å². The third-order valence-corrected chi connectivity index (χ3v) is 3.28. The molecule has 2 unspecified atom stereocenters. The molecule has 1 aromatic carbocycles. The van der Waals surface area contributed by atoms with Gasteiger partial charge < -0.3 is 15.0 Å². The van der Waals surface area contributed by atoms with Crippen molar-refractivity contribution in [1.29, 1.82) is 0 Å². The maximum absolute atomic E-state index is 5.81. The number of benzene rings is 1. The molecule has 0 aliphatic carbocycles. The van der Waals surface area contributed by atoms with Gasteiger partial charge in [-0.2, -0.15) is 0 Å². The summed E-state index contributed by atoms with van der Waals surface area (Å²) in [5.74, 6) is 0. The molecule has 1 aliphatic rings. The Balaban J connectivity index is 1.85. The Labute approximate surface area is 110 Å². The van der Waals surface area contributed by atoms with Crippen molar-refractivity contribution in [2.75, 3.05) is 26.0 Å². The molecule has 1 N–H and O–H groups in total. The SMILES string of the molecule is CC1CCC(CNc2cccc(CN(C)C)c2)O1. The summed E-state index contributed by atoms with van der Waals surface area (Å²) in [6.45, 7) is 4.04. The Bertz CT molecular complexity index is 379. The predicted octanol–water partition coefficient (Wildman–Crippen LogP) is 2.73. The summed E-state index contributed by atoms with van der Waals surface area (Å²) >= 11 is 0. The van der Waals surface area contributed by atoms with Gasteiger partial charge in [-0.3, -0.25) is 0 Å². The minimum absolute atomic E-state index is 0.373. The van der Waals surface area contributed by atoms with Crippen molar-refractivity contribution >= 4 is 5.69 Å². The van der Waals surface area contributed by atoms with Crippen LogP contribution in [0.4, 0.5) is 5.69 Å². The first-order valence-corrected chi connectivity index (χ1v) is 6.76. The number of hydrogen-bond donors (Lipinski definition) is 1. The molecule has 1 aliphatic heterocycles. The average molecular weight is 248 g/mol. The van der Waals surface area contributed by atoms with Crippen LogP contribution in [0.15, 0.2) is 24.3 Å². The first-order valence-electron chi connectivity index (χ1n) is 6.76. The van der Waals surface area contributed by atoms with Gasteiger partial charge in [-0.05, 0) is 51.6 Å². The molecule has 0 aromatic heterocycles. The molecule has 0 radical (unpaired) electrons. The summed E-state index contributed by atoms with van der Waals surface area (Å²) in [5, 5.41) is 3.48. The van der Waals surface area contributed by atoms with Crippen LogP contribution in [0.3, 0.4) is 0 Å². The fraction of sp³-hybridized carbons (Fsp3) is 0.600. The van der Waals surface area contributed by atoms with Crippen LogP contribution in [-0.2, 0) is 11.3 Å². The number of anilines is 1. The number of nitrogens with one attached hydrogen (secondary N) is 1. The van der Waals surface area contributed by atoms with Gasteiger partial charge >= 0.3 is 0 Å². The molecule has 0 spiro atoms. The van der Waals surface area contributed by atoms with E-state index in [1.54, 1.807) is 0 Å². The number of hydrogen-bond acceptors (Lipinski definition) is 3. The summed E-state index contributed by atoms with van der Waals surface area (Å²) in [5.41, 5.74) is 2.53. The molecule has 1 saturated heterocycles. The first-order chi connectivity index (χ1) is 8.63. The van der Waals surface area contributed by atoms with Crippen LogP contribution in [-0.4, -0.2) is 37.7 Å². The zero-order chi connectivity index (χ0) is 13.0. The van der Waals surface area contributed by atoms with Crippen molar-refractivity contribution in [3.05, 3.63) is 29.8 Å². The van der Waals surface area contributed by atoms with Crippen molar-refractivity contribution in [2.24, 2.45) is 0 Å². The van der Waals surface area contributed by atoms with Crippen LogP contribution in [0.1, 0.15) is 25.3 Å². The second-order valence-electron chi connectivity index (χ2n) is 5.47. The standard InChI is InChI=1S/C15H24N2O/c1-12-7-8-15(18-12)10-16-14-6-4-5-13(9-14)11-17(2)3/h4-6,9,12,15-16H,7-8,10-11H2,1-3H3. The monoisotopic (exact) mass is 248 g/mol. The number of ether oxygens (including phenoxy) is 1. The lowest BCUT2D eigenvalue weighted by atomic mass is 10.1. The van der Waals surface area contributed by atoms with Crippen LogP contribution < -0.4 is 5.32 Å². The average Bonchev–Trinajstić information content (AvgIpc) is 2.72. The summed E-state index contributed by atoms with van der Waals surface area (Å²) < 4.78 is 5.81. The first kappa shape index (κ1) is 13.4. The van der Waals surface area contributed by atoms with Gasteiger partial charge in [-0.1, -0.05) is 12.1 Å². The van der Waals surface area contributed by atoms with E-state index in [1.165, 1.54) is 24.1 Å². The minimum Gasteiger partial charge on any atom is -0.382 e. The fourth-order valence-corrected chi connectivity index (χ4v) is 2.41. The molecule has 2 atom stereocenters. The lowest BCUT2D eigenvalue weighted by Crippen LogP contribution is -2.19. The lowest BCUT2D eigenvalue weighted by Gasteiger charge is -2.15. The molecule has 100 valence electrons. The van der Waals surface area contributed by atoms with Gasteiger partial charge in [-0.15, -0.1) is 0 Å². The van der Waals surface area contributed by atoms with Gasteiger partial charge in [-0.25, -0.2) is 0 Å². The molecule has 2 rings (SSSR count). The quantitative estimate of drug-likeness (QED) is 0.867. The van der Waals surface area contributed by atoms with Crippen LogP contribution in [0.5, 0.6) is 0 Å². The minimum atomic E-state index is 0.373. The van der Waals surface area contributed by atoms with Crippen LogP contribution in [0, 0.1) is 0 Å². The van der Waals surface area contributed by atoms with E-state index in [0.717, 1.165) is 13.1 Å². The molecule has 1 fully saturated rings. The summed E-state index contributed by atoms with van der Waals surface area (Å²) in [4.78, 5) is 2.18. The Morgan fingerprint density at radius 2 is 2.17 bits per heavy atom. The Hall–Kier alpha value is -1.06. The van der Waals surface area contributed by atoms with Crippen LogP contribution in [0.25, 0.3) is 0 Å². The van der Waals surface area contributed by atoms with E-state index in [0.29, 0.717) is 12.2 Å². The maximum atomic E-state index is 5.81.